The standard InChI is InChI=1S/C14H10FN3O3/c1-21-13-11(14(19)20)10(8(6-16)12(17)18-13)7-4-2-3-5-9(7)15/h2-5H,1H3,(H2,17,18)(H,19,20). The Kier molecular flexibility index (Phi) is 3.71. The Morgan fingerprint density at radius 2 is 2.14 bits per heavy atom. The van der Waals surface area contributed by atoms with Crippen LogP contribution in [0.4, 0.5) is 10.2 Å². The van der Waals surface area contributed by atoms with Gasteiger partial charge in [-0.2, -0.15) is 10.2 Å². The highest BCUT2D eigenvalue weighted by Crippen LogP contribution is 2.36. The summed E-state index contributed by atoms with van der Waals surface area (Å²) in [6, 6.07) is 7.25. The Hall–Kier alpha value is -3.14. The van der Waals surface area contributed by atoms with Crippen LogP contribution in [0, 0.1) is 17.1 Å². The first kappa shape index (κ1) is 14.3. The van der Waals surface area contributed by atoms with Gasteiger partial charge in [-0.3, -0.25) is 0 Å². The molecule has 0 unspecified atom stereocenters. The molecule has 1 heterocycles. The van der Waals surface area contributed by atoms with E-state index in [-0.39, 0.29) is 28.4 Å². The second-order valence-corrected chi connectivity index (χ2v) is 4.03. The van der Waals surface area contributed by atoms with Crippen molar-refractivity contribution in [2.45, 2.75) is 0 Å². The van der Waals surface area contributed by atoms with E-state index in [2.05, 4.69) is 4.98 Å². The Morgan fingerprint density at radius 1 is 1.48 bits per heavy atom. The first-order valence-corrected chi connectivity index (χ1v) is 5.77. The molecule has 2 rings (SSSR count). The zero-order chi connectivity index (χ0) is 15.6. The van der Waals surface area contributed by atoms with Crippen LogP contribution in [0.3, 0.4) is 0 Å². The summed E-state index contributed by atoms with van der Waals surface area (Å²) >= 11 is 0. The summed E-state index contributed by atoms with van der Waals surface area (Å²) in [7, 11) is 1.21. The molecule has 1 aromatic heterocycles. The molecule has 106 valence electrons. The van der Waals surface area contributed by atoms with Crippen LogP contribution in [0.25, 0.3) is 11.1 Å². The molecule has 0 aliphatic heterocycles. The van der Waals surface area contributed by atoms with E-state index in [9.17, 15) is 19.6 Å². The highest BCUT2D eigenvalue weighted by molar-refractivity contribution is 6.01. The topological polar surface area (TPSA) is 109 Å². The van der Waals surface area contributed by atoms with Gasteiger partial charge in [-0.1, -0.05) is 18.2 Å². The Labute approximate surface area is 119 Å². The number of aromatic carboxylic acids is 1. The lowest BCUT2D eigenvalue weighted by Gasteiger charge is -2.14. The molecule has 0 saturated heterocycles. The number of aromatic nitrogens is 1. The van der Waals surface area contributed by atoms with Crippen LogP contribution >= 0.6 is 0 Å². The number of hydrogen-bond donors (Lipinski definition) is 2. The van der Waals surface area contributed by atoms with Crippen molar-refractivity contribution in [3.05, 3.63) is 41.2 Å². The Morgan fingerprint density at radius 3 is 2.67 bits per heavy atom. The Balaban J connectivity index is 2.98. The predicted molar refractivity (Wildman–Crippen MR) is 72.3 cm³/mol. The number of methoxy groups -OCH3 is 1. The first-order valence-electron chi connectivity index (χ1n) is 5.77. The third-order valence-corrected chi connectivity index (χ3v) is 2.85. The summed E-state index contributed by atoms with van der Waals surface area (Å²) in [5, 5.41) is 18.5. The number of benzene rings is 1. The van der Waals surface area contributed by atoms with Crippen LogP contribution in [0.15, 0.2) is 24.3 Å². The van der Waals surface area contributed by atoms with Crippen molar-refractivity contribution in [2.75, 3.05) is 12.8 Å². The second-order valence-electron chi connectivity index (χ2n) is 4.03. The molecule has 0 spiro atoms. The van der Waals surface area contributed by atoms with Gasteiger partial charge in [0.15, 0.2) is 0 Å². The van der Waals surface area contributed by atoms with Crippen LogP contribution in [0.2, 0.25) is 0 Å². The molecule has 6 nitrogen and oxygen atoms in total. The van der Waals surface area contributed by atoms with E-state index in [0.717, 1.165) is 6.07 Å². The van der Waals surface area contributed by atoms with Crippen LogP contribution < -0.4 is 10.5 Å². The molecule has 0 aliphatic carbocycles. The van der Waals surface area contributed by atoms with Crippen molar-refractivity contribution in [1.82, 2.24) is 4.98 Å². The molecule has 0 aliphatic rings. The largest absolute Gasteiger partial charge is 0.480 e. The highest BCUT2D eigenvalue weighted by Gasteiger charge is 2.26. The van der Waals surface area contributed by atoms with Crippen molar-refractivity contribution >= 4 is 11.8 Å². The molecule has 0 bridgehead atoms. The van der Waals surface area contributed by atoms with Gasteiger partial charge in [0.25, 0.3) is 0 Å². The predicted octanol–water partition coefficient (Wildman–Crippen LogP) is 2.05. The van der Waals surface area contributed by atoms with Gasteiger partial charge in [-0.25, -0.2) is 9.18 Å². The van der Waals surface area contributed by atoms with Crippen molar-refractivity contribution < 1.29 is 19.0 Å². The summed E-state index contributed by atoms with van der Waals surface area (Å²) in [5.41, 5.74) is 4.81. The molecule has 0 atom stereocenters. The average Bonchev–Trinajstić information content (AvgIpc) is 2.46. The number of ether oxygens (including phenoxy) is 1. The summed E-state index contributed by atoms with van der Waals surface area (Å²) in [5.74, 6) is -2.58. The number of hydrogen-bond acceptors (Lipinski definition) is 5. The van der Waals surface area contributed by atoms with Gasteiger partial charge >= 0.3 is 5.97 Å². The first-order chi connectivity index (χ1) is 10.0. The fourth-order valence-corrected chi connectivity index (χ4v) is 1.97. The van der Waals surface area contributed by atoms with E-state index < -0.39 is 17.3 Å². The van der Waals surface area contributed by atoms with Gasteiger partial charge in [0.2, 0.25) is 5.88 Å². The molecule has 0 amide bonds. The van der Waals surface area contributed by atoms with Gasteiger partial charge < -0.3 is 15.6 Å². The lowest BCUT2D eigenvalue weighted by molar-refractivity contribution is 0.0693. The normalized spacial score (nSPS) is 9.95. The summed E-state index contributed by atoms with van der Waals surface area (Å²) in [6.45, 7) is 0. The lowest BCUT2D eigenvalue weighted by Crippen LogP contribution is -2.10. The summed E-state index contributed by atoms with van der Waals surface area (Å²) < 4.78 is 18.9. The molecule has 21 heavy (non-hydrogen) atoms. The van der Waals surface area contributed by atoms with Gasteiger partial charge in [-0.15, -0.1) is 0 Å². The molecule has 2 aromatic rings. The third-order valence-electron chi connectivity index (χ3n) is 2.85. The van der Waals surface area contributed by atoms with E-state index in [1.807, 2.05) is 0 Å². The van der Waals surface area contributed by atoms with E-state index in [1.165, 1.54) is 25.3 Å². The van der Waals surface area contributed by atoms with Crippen molar-refractivity contribution in [2.24, 2.45) is 0 Å². The number of nitriles is 1. The van der Waals surface area contributed by atoms with Gasteiger partial charge in [-0.05, 0) is 6.07 Å². The fourth-order valence-electron chi connectivity index (χ4n) is 1.97. The quantitative estimate of drug-likeness (QED) is 0.894. The molecule has 0 radical (unpaired) electrons. The summed E-state index contributed by atoms with van der Waals surface area (Å²) in [4.78, 5) is 15.2. The second kappa shape index (κ2) is 5.46. The maximum Gasteiger partial charge on any atom is 0.341 e. The molecular weight excluding hydrogens is 277 g/mol. The molecule has 0 fully saturated rings. The van der Waals surface area contributed by atoms with Crippen LogP contribution in [-0.4, -0.2) is 23.2 Å². The fraction of sp³-hybridized carbons (Fsp3) is 0.0714. The van der Waals surface area contributed by atoms with E-state index >= 15 is 0 Å². The minimum atomic E-state index is -1.39. The SMILES string of the molecule is COc1nc(N)c(C#N)c(-c2ccccc2F)c1C(=O)O. The summed E-state index contributed by atoms with van der Waals surface area (Å²) in [6.07, 6.45) is 0. The highest BCUT2D eigenvalue weighted by atomic mass is 19.1. The zero-order valence-electron chi connectivity index (χ0n) is 10.9. The minimum absolute atomic E-state index is 0.0566. The minimum Gasteiger partial charge on any atom is -0.480 e. The molecule has 7 heteroatoms. The van der Waals surface area contributed by atoms with E-state index in [1.54, 1.807) is 6.07 Å². The molecule has 0 saturated carbocycles. The maximum absolute atomic E-state index is 14.0. The number of pyridine rings is 1. The number of carboxylic acids is 1. The number of anilines is 1. The lowest BCUT2D eigenvalue weighted by atomic mass is 9.95. The van der Waals surface area contributed by atoms with Crippen LogP contribution in [0.1, 0.15) is 15.9 Å². The number of halogens is 1. The van der Waals surface area contributed by atoms with Crippen molar-refractivity contribution in [1.29, 1.82) is 5.26 Å². The van der Waals surface area contributed by atoms with Gasteiger partial charge in [0.05, 0.1) is 7.11 Å². The third kappa shape index (κ3) is 2.34. The monoisotopic (exact) mass is 287 g/mol. The van der Waals surface area contributed by atoms with E-state index in [4.69, 9.17) is 10.5 Å². The number of carboxylic acid groups (broad SMARTS) is 1. The number of nitrogens with zero attached hydrogens (tertiary/aromatic N) is 2. The van der Waals surface area contributed by atoms with Crippen LogP contribution in [-0.2, 0) is 0 Å². The van der Waals surface area contributed by atoms with E-state index in [0.29, 0.717) is 0 Å². The zero-order valence-corrected chi connectivity index (χ0v) is 10.9. The smallest absolute Gasteiger partial charge is 0.341 e. The molecular formula is C14H10FN3O3. The average molecular weight is 287 g/mol. The molecule has 3 N–H and O–H groups in total. The number of nitrogen functional groups attached to an aromatic ring is 1. The van der Waals surface area contributed by atoms with Gasteiger partial charge in [0.1, 0.15) is 28.8 Å². The van der Waals surface area contributed by atoms with Gasteiger partial charge in [0, 0.05) is 11.1 Å². The number of nitrogens with two attached hydrogens (primary N) is 1. The number of rotatable bonds is 3. The Bertz CT molecular complexity index is 769. The van der Waals surface area contributed by atoms with Crippen LogP contribution in [0.5, 0.6) is 5.88 Å². The molecule has 1 aromatic carbocycles. The van der Waals surface area contributed by atoms with Crippen molar-refractivity contribution in [3.8, 4) is 23.1 Å². The maximum atomic E-state index is 14.0. The number of carbonyl (C=O) groups is 1. The van der Waals surface area contributed by atoms with Crippen molar-refractivity contribution in [3.63, 3.8) is 0 Å².